The third-order valence-electron chi connectivity index (χ3n) is 2.63. The molecule has 0 amide bonds. The van der Waals surface area contributed by atoms with Gasteiger partial charge in [-0.25, -0.2) is 8.78 Å². The molecule has 2 N–H and O–H groups in total. The highest BCUT2D eigenvalue weighted by molar-refractivity contribution is 6.33. The van der Waals surface area contributed by atoms with Gasteiger partial charge in [-0.05, 0) is 12.1 Å². The van der Waals surface area contributed by atoms with Crippen LogP contribution in [0.15, 0.2) is 18.2 Å². The number of nitrogens with two attached hydrogens (primary N) is 1. The zero-order valence-corrected chi connectivity index (χ0v) is 9.31. The molecule has 88 valence electrons. The zero-order chi connectivity index (χ0) is 11.8. The Labute approximate surface area is 97.3 Å². The van der Waals surface area contributed by atoms with E-state index >= 15 is 0 Å². The molecular formula is C11H12ClF2NO. The summed E-state index contributed by atoms with van der Waals surface area (Å²) in [6.45, 7) is 0.301. The number of halogens is 3. The minimum Gasteiger partial charge on any atom is -0.493 e. The first-order chi connectivity index (χ1) is 7.46. The third-order valence-corrected chi connectivity index (χ3v) is 2.96. The Kier molecular flexibility index (Phi) is 2.93. The van der Waals surface area contributed by atoms with Crippen molar-refractivity contribution < 1.29 is 13.5 Å². The second-order valence-corrected chi connectivity index (χ2v) is 4.53. The van der Waals surface area contributed by atoms with Gasteiger partial charge in [-0.2, -0.15) is 0 Å². The van der Waals surface area contributed by atoms with Crippen molar-refractivity contribution in [1.29, 1.82) is 0 Å². The Morgan fingerprint density at radius 1 is 1.44 bits per heavy atom. The fourth-order valence-corrected chi connectivity index (χ4v) is 1.89. The van der Waals surface area contributed by atoms with Crippen LogP contribution in [0.1, 0.15) is 12.8 Å². The molecule has 1 fully saturated rings. The van der Waals surface area contributed by atoms with Crippen molar-refractivity contribution in [2.75, 3.05) is 12.3 Å². The fraction of sp³-hybridized carbons (Fsp3) is 0.455. The standard InChI is InChI=1S/C11H12ClF2NO/c12-9-3-8(1-2-10(9)15)16-6-7-4-11(13,14)5-7/h1-3,7H,4-6,15H2. The molecule has 0 heterocycles. The second kappa shape index (κ2) is 4.09. The van der Waals surface area contributed by atoms with Crippen LogP contribution in [-0.2, 0) is 0 Å². The fourth-order valence-electron chi connectivity index (χ4n) is 1.71. The normalized spacial score (nSPS) is 19.2. The van der Waals surface area contributed by atoms with Crippen LogP contribution >= 0.6 is 11.6 Å². The van der Waals surface area contributed by atoms with E-state index in [0.717, 1.165) is 0 Å². The molecule has 0 unspecified atom stereocenters. The monoisotopic (exact) mass is 247 g/mol. The van der Waals surface area contributed by atoms with E-state index in [-0.39, 0.29) is 18.8 Å². The van der Waals surface area contributed by atoms with Crippen LogP contribution in [0.5, 0.6) is 5.75 Å². The summed E-state index contributed by atoms with van der Waals surface area (Å²) in [6.07, 6.45) is -0.175. The third kappa shape index (κ3) is 2.55. The highest BCUT2D eigenvalue weighted by Gasteiger charge is 2.45. The summed E-state index contributed by atoms with van der Waals surface area (Å²) >= 11 is 5.80. The number of rotatable bonds is 3. The molecule has 0 spiro atoms. The quantitative estimate of drug-likeness (QED) is 0.832. The van der Waals surface area contributed by atoms with Crippen LogP contribution in [0, 0.1) is 5.92 Å². The molecule has 1 saturated carbocycles. The Bertz CT molecular complexity index is 390. The first-order valence-electron chi connectivity index (χ1n) is 5.02. The predicted octanol–water partition coefficient (Wildman–Crippen LogP) is 3.35. The number of alkyl halides is 2. The van der Waals surface area contributed by atoms with Gasteiger partial charge in [-0.1, -0.05) is 11.6 Å². The summed E-state index contributed by atoms with van der Waals surface area (Å²) in [7, 11) is 0. The van der Waals surface area contributed by atoms with Gasteiger partial charge in [0, 0.05) is 24.8 Å². The summed E-state index contributed by atoms with van der Waals surface area (Å²) in [4.78, 5) is 0. The van der Waals surface area contributed by atoms with Crippen LogP contribution in [-0.4, -0.2) is 12.5 Å². The molecule has 16 heavy (non-hydrogen) atoms. The average Bonchev–Trinajstić information content (AvgIpc) is 2.16. The van der Waals surface area contributed by atoms with Crippen molar-refractivity contribution >= 4 is 17.3 Å². The summed E-state index contributed by atoms with van der Waals surface area (Å²) < 4.78 is 30.4. The molecule has 1 aromatic carbocycles. The van der Waals surface area contributed by atoms with Gasteiger partial charge >= 0.3 is 0 Å². The predicted molar refractivity (Wildman–Crippen MR) is 59.0 cm³/mol. The van der Waals surface area contributed by atoms with E-state index in [1.54, 1.807) is 18.2 Å². The number of nitrogen functional groups attached to an aromatic ring is 1. The maximum Gasteiger partial charge on any atom is 0.248 e. The van der Waals surface area contributed by atoms with Crippen molar-refractivity contribution in [3.63, 3.8) is 0 Å². The van der Waals surface area contributed by atoms with Crippen molar-refractivity contribution in [2.45, 2.75) is 18.8 Å². The van der Waals surface area contributed by atoms with Gasteiger partial charge < -0.3 is 10.5 Å². The molecule has 1 aliphatic rings. The van der Waals surface area contributed by atoms with Crippen LogP contribution in [0.3, 0.4) is 0 Å². The molecule has 0 atom stereocenters. The van der Waals surface area contributed by atoms with Crippen LogP contribution in [0.25, 0.3) is 0 Å². The second-order valence-electron chi connectivity index (χ2n) is 4.12. The molecule has 0 radical (unpaired) electrons. The molecule has 2 rings (SSSR count). The number of hydrogen-bond acceptors (Lipinski definition) is 2. The number of anilines is 1. The largest absolute Gasteiger partial charge is 0.493 e. The molecule has 1 aromatic rings. The molecule has 0 saturated heterocycles. The average molecular weight is 248 g/mol. The zero-order valence-electron chi connectivity index (χ0n) is 8.55. The van der Waals surface area contributed by atoms with Crippen LogP contribution in [0.4, 0.5) is 14.5 Å². The van der Waals surface area contributed by atoms with E-state index in [0.29, 0.717) is 23.1 Å². The lowest BCUT2D eigenvalue weighted by Gasteiger charge is -2.34. The lowest BCUT2D eigenvalue weighted by atomic mass is 9.82. The first-order valence-corrected chi connectivity index (χ1v) is 5.40. The minimum absolute atomic E-state index is 0.0636. The van der Waals surface area contributed by atoms with E-state index in [1.807, 2.05) is 0 Å². The summed E-state index contributed by atoms with van der Waals surface area (Å²) in [6, 6.07) is 4.90. The lowest BCUT2D eigenvalue weighted by Crippen LogP contribution is -2.38. The SMILES string of the molecule is Nc1ccc(OCC2CC(F)(F)C2)cc1Cl. The Morgan fingerprint density at radius 3 is 2.69 bits per heavy atom. The van der Waals surface area contributed by atoms with Gasteiger partial charge in [-0.3, -0.25) is 0 Å². The molecule has 1 aliphatic carbocycles. The van der Waals surface area contributed by atoms with Crippen molar-refractivity contribution in [1.82, 2.24) is 0 Å². The number of hydrogen-bond donors (Lipinski definition) is 1. The summed E-state index contributed by atoms with van der Waals surface area (Å²) in [5, 5.41) is 0.413. The van der Waals surface area contributed by atoms with Gasteiger partial charge in [0.15, 0.2) is 0 Å². The first kappa shape index (κ1) is 11.5. The van der Waals surface area contributed by atoms with Crippen LogP contribution < -0.4 is 10.5 Å². The molecule has 2 nitrogen and oxygen atoms in total. The molecular weight excluding hydrogens is 236 g/mol. The maximum atomic E-state index is 12.5. The van der Waals surface area contributed by atoms with Crippen molar-refractivity contribution in [3.05, 3.63) is 23.2 Å². The number of ether oxygens (including phenoxy) is 1. The molecule has 0 aromatic heterocycles. The molecule has 5 heteroatoms. The van der Waals surface area contributed by atoms with E-state index in [9.17, 15) is 8.78 Å². The van der Waals surface area contributed by atoms with Crippen LogP contribution in [0.2, 0.25) is 5.02 Å². The van der Waals surface area contributed by atoms with Gasteiger partial charge in [0.25, 0.3) is 0 Å². The maximum absolute atomic E-state index is 12.5. The van der Waals surface area contributed by atoms with Crippen molar-refractivity contribution in [3.8, 4) is 5.75 Å². The molecule has 0 bridgehead atoms. The molecule has 0 aliphatic heterocycles. The topological polar surface area (TPSA) is 35.2 Å². The van der Waals surface area contributed by atoms with E-state index in [4.69, 9.17) is 22.1 Å². The Morgan fingerprint density at radius 2 is 2.12 bits per heavy atom. The van der Waals surface area contributed by atoms with E-state index < -0.39 is 5.92 Å². The number of benzene rings is 1. The minimum atomic E-state index is -2.49. The lowest BCUT2D eigenvalue weighted by molar-refractivity contribution is -0.119. The van der Waals surface area contributed by atoms with Gasteiger partial charge in [0.2, 0.25) is 5.92 Å². The van der Waals surface area contributed by atoms with E-state index in [1.165, 1.54) is 0 Å². The Balaban J connectivity index is 1.84. The Hall–Kier alpha value is -1.03. The van der Waals surface area contributed by atoms with Gasteiger partial charge in [0.05, 0.1) is 17.3 Å². The van der Waals surface area contributed by atoms with Crippen molar-refractivity contribution in [2.24, 2.45) is 5.92 Å². The highest BCUT2D eigenvalue weighted by Crippen LogP contribution is 2.42. The van der Waals surface area contributed by atoms with Gasteiger partial charge in [0.1, 0.15) is 5.75 Å². The smallest absolute Gasteiger partial charge is 0.248 e. The summed E-state index contributed by atoms with van der Waals surface area (Å²) in [5.41, 5.74) is 6.01. The summed E-state index contributed by atoms with van der Waals surface area (Å²) in [5.74, 6) is -1.99. The van der Waals surface area contributed by atoms with E-state index in [2.05, 4.69) is 0 Å². The highest BCUT2D eigenvalue weighted by atomic mass is 35.5. The van der Waals surface area contributed by atoms with Gasteiger partial charge in [-0.15, -0.1) is 0 Å².